The molecule has 1 rings (SSSR count). The minimum atomic E-state index is 0.138. The van der Waals surface area contributed by atoms with Gasteiger partial charge >= 0.3 is 0 Å². The van der Waals surface area contributed by atoms with Gasteiger partial charge in [0.05, 0.1) is 0 Å². The molecule has 0 aromatic heterocycles. The highest BCUT2D eigenvalue weighted by Gasteiger charge is 2.03. The molecule has 126 valence electrons. The van der Waals surface area contributed by atoms with E-state index in [9.17, 15) is 9.59 Å². The Morgan fingerprint density at radius 2 is 1.65 bits per heavy atom. The van der Waals surface area contributed by atoms with Crippen LogP contribution in [-0.2, 0) is 9.59 Å². The maximum Gasteiger partial charge on any atom is 0.170 e. The number of allylic oxidation sites excluding steroid dienone is 1. The van der Waals surface area contributed by atoms with Gasteiger partial charge in [-0.05, 0) is 30.2 Å². The van der Waals surface area contributed by atoms with Crippen LogP contribution in [0.4, 0.5) is 0 Å². The zero-order valence-corrected chi connectivity index (χ0v) is 14.1. The number of carbonyl (C=O) groups is 2. The van der Waals surface area contributed by atoms with E-state index in [2.05, 4.69) is 6.92 Å². The molecule has 0 saturated carbocycles. The molecular weight excluding hydrogens is 288 g/mol. The monoisotopic (exact) mass is 316 g/mol. The summed E-state index contributed by atoms with van der Waals surface area (Å²) in [7, 11) is 0. The first-order valence-corrected chi connectivity index (χ1v) is 8.62. The number of hydrogen-bond donors (Lipinski definition) is 0. The second-order valence-electron chi connectivity index (χ2n) is 5.76. The number of ether oxygens (including phenoxy) is 1. The predicted octanol–water partition coefficient (Wildman–Crippen LogP) is 4.99. The third-order valence-corrected chi connectivity index (χ3v) is 3.71. The third kappa shape index (κ3) is 9.67. The average Bonchev–Trinajstić information content (AvgIpc) is 2.58. The highest BCUT2D eigenvalue weighted by molar-refractivity contribution is 5.79. The minimum absolute atomic E-state index is 0.138. The summed E-state index contributed by atoms with van der Waals surface area (Å²) in [6.45, 7) is 2.35. The molecule has 1 aromatic carbocycles. The number of benzene rings is 1. The number of rotatable bonds is 13. The quantitative estimate of drug-likeness (QED) is 0.292. The lowest BCUT2D eigenvalue weighted by Gasteiger charge is -2.06. The fourth-order valence-electron chi connectivity index (χ4n) is 2.34. The van der Waals surface area contributed by atoms with Gasteiger partial charge in [-0.3, -0.25) is 9.59 Å². The maximum absolute atomic E-state index is 11.8. The van der Waals surface area contributed by atoms with Crippen LogP contribution in [0.5, 0.6) is 5.75 Å². The molecule has 0 fully saturated rings. The average molecular weight is 316 g/mol. The van der Waals surface area contributed by atoms with Gasteiger partial charge in [-0.1, -0.05) is 63.7 Å². The van der Waals surface area contributed by atoms with Gasteiger partial charge in [0.25, 0.3) is 0 Å². The summed E-state index contributed by atoms with van der Waals surface area (Å²) in [6.07, 6.45) is 13.0. The number of Topliss-reactive ketones (excluding diaryl/α,β-unsaturated/α-hetero) is 1. The van der Waals surface area contributed by atoms with E-state index in [1.807, 2.05) is 24.3 Å². The molecule has 0 unspecified atom stereocenters. The lowest BCUT2D eigenvalue weighted by Crippen LogP contribution is -2.10. The minimum Gasteiger partial charge on any atom is -0.486 e. The predicted molar refractivity (Wildman–Crippen MR) is 94.7 cm³/mol. The largest absolute Gasteiger partial charge is 0.486 e. The van der Waals surface area contributed by atoms with E-state index in [0.29, 0.717) is 12.2 Å². The van der Waals surface area contributed by atoms with E-state index in [1.165, 1.54) is 38.2 Å². The standard InChI is InChI=1S/C20H28O3/c1-2-3-4-5-6-7-8-11-19(22)17-23-20-14-12-18(13-15-20)10-9-16-21/h9-10,12-16H,2-8,11,17H2,1H3. The Morgan fingerprint density at radius 3 is 2.30 bits per heavy atom. The van der Waals surface area contributed by atoms with E-state index in [4.69, 9.17) is 4.74 Å². The van der Waals surface area contributed by atoms with Crippen molar-refractivity contribution in [3.63, 3.8) is 0 Å². The second kappa shape index (κ2) is 12.6. The summed E-state index contributed by atoms with van der Waals surface area (Å²) in [5, 5.41) is 0. The van der Waals surface area contributed by atoms with Crippen LogP contribution in [-0.4, -0.2) is 18.7 Å². The molecule has 23 heavy (non-hydrogen) atoms. The molecule has 0 amide bonds. The van der Waals surface area contributed by atoms with Gasteiger partial charge in [0.2, 0.25) is 0 Å². The van der Waals surface area contributed by atoms with Crippen LogP contribution < -0.4 is 4.74 Å². The highest BCUT2D eigenvalue weighted by atomic mass is 16.5. The summed E-state index contributed by atoms with van der Waals surface area (Å²) in [5.74, 6) is 0.838. The van der Waals surface area contributed by atoms with Crippen LogP contribution in [0.1, 0.15) is 63.9 Å². The van der Waals surface area contributed by atoms with Gasteiger partial charge in [-0.2, -0.15) is 0 Å². The van der Waals surface area contributed by atoms with Crippen molar-refractivity contribution in [1.82, 2.24) is 0 Å². The summed E-state index contributed by atoms with van der Waals surface area (Å²) in [6, 6.07) is 7.34. The van der Waals surface area contributed by atoms with Crippen molar-refractivity contribution in [2.24, 2.45) is 0 Å². The highest BCUT2D eigenvalue weighted by Crippen LogP contribution is 2.14. The molecule has 0 aliphatic rings. The molecule has 0 atom stereocenters. The summed E-state index contributed by atoms with van der Waals surface area (Å²) >= 11 is 0. The lowest BCUT2D eigenvalue weighted by atomic mass is 10.1. The van der Waals surface area contributed by atoms with Crippen LogP contribution in [0.25, 0.3) is 6.08 Å². The normalized spacial score (nSPS) is 10.8. The summed E-state index contributed by atoms with van der Waals surface area (Å²) < 4.78 is 5.49. The fourth-order valence-corrected chi connectivity index (χ4v) is 2.34. The van der Waals surface area contributed by atoms with Crippen molar-refractivity contribution in [1.29, 1.82) is 0 Å². The molecule has 0 saturated heterocycles. The van der Waals surface area contributed by atoms with Gasteiger partial charge in [0.1, 0.15) is 18.6 Å². The molecular formula is C20H28O3. The molecule has 0 N–H and O–H groups in total. The van der Waals surface area contributed by atoms with Gasteiger partial charge < -0.3 is 4.74 Å². The number of ketones is 1. The summed E-state index contributed by atoms with van der Waals surface area (Å²) in [5.41, 5.74) is 0.929. The molecule has 0 spiro atoms. The molecule has 0 radical (unpaired) electrons. The van der Waals surface area contributed by atoms with E-state index in [1.54, 1.807) is 6.08 Å². The zero-order chi connectivity index (χ0) is 16.8. The van der Waals surface area contributed by atoms with Crippen LogP contribution in [0.2, 0.25) is 0 Å². The maximum atomic E-state index is 11.8. The summed E-state index contributed by atoms with van der Waals surface area (Å²) in [4.78, 5) is 22.0. The van der Waals surface area contributed by atoms with Crippen molar-refractivity contribution >= 4 is 18.1 Å². The number of hydrogen-bond acceptors (Lipinski definition) is 3. The molecule has 1 aromatic rings. The smallest absolute Gasteiger partial charge is 0.170 e. The molecule has 0 bridgehead atoms. The number of aldehydes is 1. The lowest BCUT2D eigenvalue weighted by molar-refractivity contribution is -0.121. The van der Waals surface area contributed by atoms with E-state index in [-0.39, 0.29) is 12.4 Å². The number of carbonyl (C=O) groups excluding carboxylic acids is 2. The van der Waals surface area contributed by atoms with E-state index < -0.39 is 0 Å². The molecule has 0 aliphatic carbocycles. The van der Waals surface area contributed by atoms with Gasteiger partial charge in [0.15, 0.2) is 5.78 Å². The fraction of sp³-hybridized carbons (Fsp3) is 0.500. The Balaban J connectivity index is 2.13. The van der Waals surface area contributed by atoms with Crippen LogP contribution >= 0.6 is 0 Å². The van der Waals surface area contributed by atoms with E-state index >= 15 is 0 Å². The Morgan fingerprint density at radius 1 is 1.00 bits per heavy atom. The molecule has 3 nitrogen and oxygen atoms in total. The Bertz CT molecular complexity index is 474. The molecule has 3 heteroatoms. The van der Waals surface area contributed by atoms with Crippen molar-refractivity contribution in [3.8, 4) is 5.75 Å². The first-order chi connectivity index (χ1) is 11.3. The van der Waals surface area contributed by atoms with Crippen molar-refractivity contribution < 1.29 is 14.3 Å². The Kier molecular flexibility index (Phi) is 10.5. The van der Waals surface area contributed by atoms with Crippen LogP contribution in [0, 0.1) is 0 Å². The molecule has 0 aliphatic heterocycles. The van der Waals surface area contributed by atoms with Crippen LogP contribution in [0.3, 0.4) is 0 Å². The van der Waals surface area contributed by atoms with Crippen molar-refractivity contribution in [2.45, 2.75) is 58.3 Å². The SMILES string of the molecule is CCCCCCCCCC(=O)COc1ccc(C=CC=O)cc1. The first kappa shape index (κ1) is 19.1. The van der Waals surface area contributed by atoms with Crippen LogP contribution in [0.15, 0.2) is 30.3 Å². The van der Waals surface area contributed by atoms with Gasteiger partial charge in [0, 0.05) is 6.42 Å². The Labute approximate surface area is 139 Å². The number of unbranched alkanes of at least 4 members (excludes halogenated alkanes) is 6. The molecule has 0 heterocycles. The topological polar surface area (TPSA) is 43.4 Å². The van der Waals surface area contributed by atoms with Gasteiger partial charge in [-0.25, -0.2) is 0 Å². The zero-order valence-electron chi connectivity index (χ0n) is 14.1. The van der Waals surface area contributed by atoms with E-state index in [0.717, 1.165) is 24.7 Å². The van der Waals surface area contributed by atoms with Crippen molar-refractivity contribution in [2.75, 3.05) is 6.61 Å². The Hall–Kier alpha value is -1.90. The van der Waals surface area contributed by atoms with Crippen molar-refractivity contribution in [3.05, 3.63) is 35.9 Å². The van der Waals surface area contributed by atoms with Gasteiger partial charge in [-0.15, -0.1) is 0 Å². The first-order valence-electron chi connectivity index (χ1n) is 8.62. The third-order valence-electron chi connectivity index (χ3n) is 3.71. The second-order valence-corrected chi connectivity index (χ2v) is 5.76.